The van der Waals surface area contributed by atoms with Crippen LogP contribution in [0.3, 0.4) is 0 Å². The third kappa shape index (κ3) is 3.31. The molecule has 0 saturated carbocycles. The van der Waals surface area contributed by atoms with E-state index in [1.54, 1.807) is 11.3 Å². The SMILES string of the molecule is CN(C)[C@H](CNC(=O)c1nccnc1N)c1ccsc1. The van der Waals surface area contributed by atoms with Crippen molar-refractivity contribution in [2.75, 3.05) is 26.4 Å². The van der Waals surface area contributed by atoms with E-state index in [0.29, 0.717) is 6.54 Å². The summed E-state index contributed by atoms with van der Waals surface area (Å²) in [6.07, 6.45) is 2.91. The first-order valence-corrected chi connectivity index (χ1v) is 7.07. The highest BCUT2D eigenvalue weighted by Gasteiger charge is 2.18. The Labute approximate surface area is 121 Å². The molecule has 0 fully saturated rings. The molecule has 3 N–H and O–H groups in total. The van der Waals surface area contributed by atoms with Crippen molar-refractivity contribution in [1.29, 1.82) is 0 Å². The van der Waals surface area contributed by atoms with E-state index in [0.717, 1.165) is 0 Å². The zero-order valence-electron chi connectivity index (χ0n) is 11.4. The van der Waals surface area contributed by atoms with Crippen LogP contribution in [0.4, 0.5) is 5.82 Å². The number of aromatic nitrogens is 2. The number of anilines is 1. The normalized spacial score (nSPS) is 12.3. The fraction of sp³-hybridized carbons (Fsp3) is 0.308. The van der Waals surface area contributed by atoms with E-state index in [1.807, 2.05) is 19.5 Å². The van der Waals surface area contributed by atoms with Gasteiger partial charge in [-0.1, -0.05) is 0 Å². The first-order chi connectivity index (χ1) is 9.59. The van der Waals surface area contributed by atoms with E-state index in [2.05, 4.69) is 31.6 Å². The topological polar surface area (TPSA) is 84.1 Å². The maximum absolute atomic E-state index is 12.1. The minimum absolute atomic E-state index is 0.114. The Morgan fingerprint density at radius 2 is 2.20 bits per heavy atom. The van der Waals surface area contributed by atoms with Crippen LogP contribution < -0.4 is 11.1 Å². The number of nitrogens with one attached hydrogen (secondary N) is 1. The van der Waals surface area contributed by atoms with Crippen LogP contribution in [0.25, 0.3) is 0 Å². The summed E-state index contributed by atoms with van der Waals surface area (Å²) in [5, 5.41) is 6.95. The molecule has 0 bridgehead atoms. The molecule has 2 aromatic rings. The summed E-state index contributed by atoms with van der Waals surface area (Å²) in [5.41, 5.74) is 6.97. The highest BCUT2D eigenvalue weighted by Crippen LogP contribution is 2.20. The Hall–Kier alpha value is -1.99. The van der Waals surface area contributed by atoms with Crippen molar-refractivity contribution in [2.45, 2.75) is 6.04 Å². The molecule has 0 unspecified atom stereocenters. The average Bonchev–Trinajstić information content (AvgIpc) is 2.92. The van der Waals surface area contributed by atoms with Gasteiger partial charge in [0.25, 0.3) is 5.91 Å². The fourth-order valence-electron chi connectivity index (χ4n) is 1.86. The van der Waals surface area contributed by atoms with Gasteiger partial charge in [0.05, 0.1) is 6.04 Å². The second kappa shape index (κ2) is 6.44. The highest BCUT2D eigenvalue weighted by atomic mass is 32.1. The number of nitrogen functional groups attached to an aromatic ring is 1. The Morgan fingerprint density at radius 3 is 2.80 bits per heavy atom. The number of carbonyl (C=O) groups is 1. The van der Waals surface area contributed by atoms with E-state index >= 15 is 0 Å². The van der Waals surface area contributed by atoms with Crippen LogP contribution in [0.2, 0.25) is 0 Å². The molecule has 2 aromatic heterocycles. The zero-order valence-corrected chi connectivity index (χ0v) is 12.2. The number of thiophene rings is 1. The smallest absolute Gasteiger partial charge is 0.273 e. The average molecular weight is 291 g/mol. The number of carbonyl (C=O) groups excluding carboxylic acids is 1. The Kier molecular flexibility index (Phi) is 4.65. The van der Waals surface area contributed by atoms with Crippen molar-refractivity contribution in [1.82, 2.24) is 20.2 Å². The van der Waals surface area contributed by atoms with Crippen LogP contribution in [0.15, 0.2) is 29.2 Å². The quantitative estimate of drug-likeness (QED) is 0.863. The molecule has 0 aliphatic carbocycles. The van der Waals surface area contributed by atoms with Crippen LogP contribution in [0, 0.1) is 0 Å². The van der Waals surface area contributed by atoms with Crippen LogP contribution >= 0.6 is 11.3 Å². The number of likely N-dealkylation sites (N-methyl/N-ethyl adjacent to an activating group) is 1. The molecule has 1 amide bonds. The molecule has 2 rings (SSSR count). The van der Waals surface area contributed by atoms with E-state index in [9.17, 15) is 4.79 Å². The molecule has 106 valence electrons. The van der Waals surface area contributed by atoms with Crippen molar-refractivity contribution in [3.05, 3.63) is 40.5 Å². The summed E-state index contributed by atoms with van der Waals surface area (Å²) in [5.74, 6) is -0.167. The summed E-state index contributed by atoms with van der Waals surface area (Å²) < 4.78 is 0. The van der Waals surface area contributed by atoms with E-state index in [-0.39, 0.29) is 23.5 Å². The van der Waals surface area contributed by atoms with Gasteiger partial charge in [-0.3, -0.25) is 4.79 Å². The first-order valence-electron chi connectivity index (χ1n) is 6.12. The molecule has 2 heterocycles. The van der Waals surface area contributed by atoms with Crippen LogP contribution in [-0.2, 0) is 0 Å². The Morgan fingerprint density at radius 1 is 1.45 bits per heavy atom. The lowest BCUT2D eigenvalue weighted by atomic mass is 10.1. The van der Waals surface area contributed by atoms with E-state index < -0.39 is 0 Å². The number of nitrogens with zero attached hydrogens (tertiary/aromatic N) is 3. The third-order valence-corrected chi connectivity index (χ3v) is 3.65. The highest BCUT2D eigenvalue weighted by molar-refractivity contribution is 7.07. The largest absolute Gasteiger partial charge is 0.382 e. The number of nitrogens with two attached hydrogens (primary N) is 1. The first kappa shape index (κ1) is 14.4. The maximum atomic E-state index is 12.1. The van der Waals surface area contributed by atoms with Gasteiger partial charge in [-0.2, -0.15) is 11.3 Å². The number of amides is 1. The van der Waals surface area contributed by atoms with Gasteiger partial charge in [-0.25, -0.2) is 9.97 Å². The van der Waals surface area contributed by atoms with Gasteiger partial charge in [0, 0.05) is 18.9 Å². The van der Waals surface area contributed by atoms with Crippen molar-refractivity contribution >= 4 is 23.1 Å². The summed E-state index contributed by atoms with van der Waals surface area (Å²) in [4.78, 5) is 21.9. The van der Waals surface area contributed by atoms with Gasteiger partial charge in [-0.15, -0.1) is 0 Å². The van der Waals surface area contributed by atoms with Crippen LogP contribution in [0.5, 0.6) is 0 Å². The van der Waals surface area contributed by atoms with Gasteiger partial charge in [0.15, 0.2) is 11.5 Å². The molecule has 0 aliphatic heterocycles. The summed E-state index contributed by atoms with van der Waals surface area (Å²) in [6.45, 7) is 0.485. The molecule has 0 saturated heterocycles. The lowest BCUT2D eigenvalue weighted by Gasteiger charge is -2.23. The van der Waals surface area contributed by atoms with Gasteiger partial charge in [0.1, 0.15) is 0 Å². The summed E-state index contributed by atoms with van der Waals surface area (Å²) in [6, 6.07) is 2.17. The standard InChI is InChI=1S/C13H17N5OS/c1-18(2)10(9-3-6-20-8-9)7-17-13(19)11-12(14)16-5-4-15-11/h3-6,8,10H,7H2,1-2H3,(H2,14,16)(H,17,19)/t10-/m1/s1. The van der Waals surface area contributed by atoms with Gasteiger partial charge >= 0.3 is 0 Å². The van der Waals surface area contributed by atoms with Crippen molar-refractivity contribution in [3.63, 3.8) is 0 Å². The predicted octanol–water partition coefficient (Wildman–Crippen LogP) is 1.15. The lowest BCUT2D eigenvalue weighted by Crippen LogP contribution is -2.35. The predicted molar refractivity (Wildman–Crippen MR) is 79.5 cm³/mol. The van der Waals surface area contributed by atoms with Crippen LogP contribution in [0.1, 0.15) is 22.1 Å². The molecule has 0 radical (unpaired) electrons. The van der Waals surface area contributed by atoms with Crippen molar-refractivity contribution in [3.8, 4) is 0 Å². The van der Waals surface area contributed by atoms with E-state index in [1.165, 1.54) is 18.0 Å². The lowest BCUT2D eigenvalue weighted by molar-refractivity contribution is 0.0937. The van der Waals surface area contributed by atoms with Gasteiger partial charge in [0.2, 0.25) is 0 Å². The summed E-state index contributed by atoms with van der Waals surface area (Å²) in [7, 11) is 3.95. The van der Waals surface area contributed by atoms with Gasteiger partial charge < -0.3 is 16.0 Å². The third-order valence-electron chi connectivity index (χ3n) is 2.95. The van der Waals surface area contributed by atoms with Crippen molar-refractivity contribution in [2.24, 2.45) is 0 Å². The monoisotopic (exact) mass is 291 g/mol. The van der Waals surface area contributed by atoms with E-state index in [4.69, 9.17) is 5.73 Å². The van der Waals surface area contributed by atoms with Crippen LogP contribution in [-0.4, -0.2) is 41.4 Å². The second-order valence-corrected chi connectivity index (χ2v) is 5.32. The fourth-order valence-corrected chi connectivity index (χ4v) is 2.57. The molecule has 0 aromatic carbocycles. The number of hydrogen-bond acceptors (Lipinski definition) is 6. The molecular weight excluding hydrogens is 274 g/mol. The van der Waals surface area contributed by atoms with Crippen molar-refractivity contribution < 1.29 is 4.79 Å². The zero-order chi connectivity index (χ0) is 14.5. The Bertz CT molecular complexity index is 570. The maximum Gasteiger partial charge on any atom is 0.273 e. The minimum Gasteiger partial charge on any atom is -0.382 e. The molecular formula is C13H17N5OS. The molecule has 0 spiro atoms. The molecule has 20 heavy (non-hydrogen) atoms. The Balaban J connectivity index is 2.03. The summed E-state index contributed by atoms with van der Waals surface area (Å²) >= 11 is 1.64. The number of rotatable bonds is 5. The molecule has 1 atom stereocenters. The number of hydrogen-bond donors (Lipinski definition) is 2. The van der Waals surface area contributed by atoms with Gasteiger partial charge in [-0.05, 0) is 36.5 Å². The second-order valence-electron chi connectivity index (χ2n) is 4.54. The molecule has 6 nitrogen and oxygen atoms in total. The minimum atomic E-state index is -0.308. The molecule has 0 aliphatic rings. The molecule has 7 heteroatoms.